The van der Waals surface area contributed by atoms with Crippen molar-refractivity contribution in [3.8, 4) is 0 Å². The number of hydrogen-bond donors (Lipinski definition) is 3. The molecule has 0 fully saturated rings. The third-order valence-electron chi connectivity index (χ3n) is 11.7. The Morgan fingerprint density at radius 3 is 1.81 bits per heavy atom. The highest BCUT2D eigenvalue weighted by Crippen LogP contribution is 2.61. The van der Waals surface area contributed by atoms with E-state index in [9.17, 15) is 27.4 Å². The van der Waals surface area contributed by atoms with Crippen molar-refractivity contribution < 1.29 is 41.3 Å². The fraction of sp³-hybridized carbons (Fsp3) is 0.923. The zero-order valence-electron chi connectivity index (χ0n) is 35.2. The van der Waals surface area contributed by atoms with E-state index < -0.39 is 42.9 Å². The van der Waals surface area contributed by atoms with Crippen LogP contribution in [0.3, 0.4) is 0 Å². The van der Waals surface area contributed by atoms with Gasteiger partial charge in [0.15, 0.2) is 0 Å². The van der Waals surface area contributed by atoms with Crippen LogP contribution in [0, 0.1) is 32.5 Å². The Kier molecular flexibility index (Phi) is 19.8. The zero-order chi connectivity index (χ0) is 41.0. The van der Waals surface area contributed by atoms with Gasteiger partial charge < -0.3 is 23.8 Å². The van der Waals surface area contributed by atoms with Crippen LogP contribution in [0.4, 0.5) is 0 Å². The molecule has 1 N–H and O–H groups in total. The molecule has 1 amide bonds. The van der Waals surface area contributed by atoms with Crippen LogP contribution in [0.2, 0.25) is 0 Å². The minimum Gasteiger partial charge on any atom is -0.748 e. The van der Waals surface area contributed by atoms with Crippen LogP contribution in [0.15, 0.2) is 0 Å². The molecule has 52 heavy (non-hydrogen) atoms. The Balaban J connectivity index is 5.88. The highest BCUT2D eigenvalue weighted by atomic mass is 32.2. The fourth-order valence-corrected chi connectivity index (χ4v) is 8.28. The molecule has 0 aromatic carbocycles. The number of amides is 1. The maximum absolute atomic E-state index is 14.2. The molecule has 3 atom stereocenters. The summed E-state index contributed by atoms with van der Waals surface area (Å²) in [6, 6.07) is 0. The third kappa shape index (κ3) is 16.8. The first-order chi connectivity index (χ1) is 23.3. The highest BCUT2D eigenvalue weighted by Gasteiger charge is 2.60. The van der Waals surface area contributed by atoms with Crippen LogP contribution >= 0.6 is 25.3 Å². The smallest absolute Gasteiger partial charge is 0.312 e. The number of carbonyl (C=O) groups is 3. The van der Waals surface area contributed by atoms with Crippen molar-refractivity contribution in [2.45, 2.75) is 140 Å². The maximum Gasteiger partial charge on any atom is 0.312 e. The Labute approximate surface area is 329 Å². The van der Waals surface area contributed by atoms with E-state index in [-0.39, 0.29) is 49.4 Å². The molecule has 0 saturated carbocycles. The van der Waals surface area contributed by atoms with Gasteiger partial charge in [-0.1, -0.05) is 75.7 Å². The fourth-order valence-electron chi connectivity index (χ4n) is 6.97. The predicted octanol–water partition coefficient (Wildman–Crippen LogP) is 7.32. The van der Waals surface area contributed by atoms with Crippen molar-refractivity contribution >= 4 is 53.2 Å². The molecule has 13 heteroatoms. The molecule has 0 aromatic rings. The average Bonchev–Trinajstić information content (AvgIpc) is 2.94. The van der Waals surface area contributed by atoms with E-state index in [1.54, 1.807) is 0 Å². The summed E-state index contributed by atoms with van der Waals surface area (Å²) in [6.45, 7) is 26.0. The molecule has 0 aliphatic carbocycles. The number of hydrogen-bond acceptors (Lipinski definition) is 10. The predicted molar refractivity (Wildman–Crippen MR) is 218 cm³/mol. The summed E-state index contributed by atoms with van der Waals surface area (Å²) >= 11 is 8.79. The first-order valence-electron chi connectivity index (χ1n) is 18.9. The normalized spacial score (nSPS) is 16.4. The third-order valence-corrected chi connectivity index (χ3v) is 13.3. The minimum atomic E-state index is -4.28. The monoisotopic (exact) mass is 796 g/mol. The van der Waals surface area contributed by atoms with E-state index in [4.69, 9.17) is 9.47 Å². The van der Waals surface area contributed by atoms with E-state index in [1.807, 2.05) is 48.7 Å². The summed E-state index contributed by atoms with van der Waals surface area (Å²) in [5.41, 5.74) is -3.83. The van der Waals surface area contributed by atoms with Gasteiger partial charge in [0, 0.05) is 23.8 Å². The van der Waals surface area contributed by atoms with Crippen LogP contribution in [0.5, 0.6) is 0 Å². The average molecular weight is 797 g/mol. The first-order valence-corrected chi connectivity index (χ1v) is 21.7. The Morgan fingerprint density at radius 2 is 1.31 bits per heavy atom. The van der Waals surface area contributed by atoms with Crippen LogP contribution in [-0.2, 0) is 34.0 Å². The van der Waals surface area contributed by atoms with Crippen LogP contribution in [0.1, 0.15) is 134 Å². The number of carbonyl (C=O) groups excluding carboxylic acids is 3. The molecule has 0 aliphatic rings. The molecule has 0 radical (unpaired) electrons. The molecule has 10 nitrogen and oxygen atoms in total. The number of quaternary nitrogens is 1. The van der Waals surface area contributed by atoms with Gasteiger partial charge in [-0.25, -0.2) is 8.42 Å². The first kappa shape index (κ1) is 51.0. The summed E-state index contributed by atoms with van der Waals surface area (Å²) in [4.78, 5) is 40.7. The number of rotatable bonds is 24. The topological polar surface area (TPSA) is 139 Å². The van der Waals surface area contributed by atoms with Gasteiger partial charge in [0.25, 0.3) is 0 Å². The van der Waals surface area contributed by atoms with Gasteiger partial charge in [0.2, 0.25) is 5.91 Å². The molecule has 0 saturated heterocycles. The minimum absolute atomic E-state index is 0.0644. The molecule has 0 bridgehead atoms. The highest BCUT2D eigenvalue weighted by molar-refractivity contribution is 7.85. The zero-order valence-corrected chi connectivity index (χ0v) is 37.8. The lowest BCUT2D eigenvalue weighted by Gasteiger charge is -2.56. The number of nitrogens with one attached hydrogen (secondary N) is 1. The number of likely N-dealkylation sites (N-methyl/N-ethyl adjacent to an activating group) is 1. The number of ether oxygens (including phenoxy) is 2. The molecular formula is C39H76N2O8S3. The standard InChI is InChI=1S/C39H76N2O8S3/c1-34(2,3)28-39(12,33(44)48-24-21-40-31(42)19-16-15-18-30(51)20-26-50)37(9,10)36(7,8)29-38(11,35(4,5)6)32(43)49-25-23-41(13,14)22-17-27-52(45,46)47/h30H,15-29H2,1-14H3,(H3-,40,42,45,46,47,50,51). The number of esters is 2. The second-order valence-electron chi connectivity index (χ2n) is 19.4. The molecular weight excluding hydrogens is 721 g/mol. The SMILES string of the molecule is CC(C)(C)CC(C)(C(=O)OCCNC(=O)CCCCC(S)CCS)C(C)(C)C(C)(C)CC(C)(C(=O)OCC[N+](C)(C)CCCS(=O)(=O)[O-])C(C)(C)C. The van der Waals surface area contributed by atoms with Gasteiger partial charge in [-0.3, -0.25) is 14.4 Å². The summed E-state index contributed by atoms with van der Waals surface area (Å²) in [5, 5.41) is 3.19. The van der Waals surface area contributed by atoms with Gasteiger partial charge in [0.1, 0.15) is 19.8 Å². The second-order valence-corrected chi connectivity index (χ2v) is 22.1. The van der Waals surface area contributed by atoms with Crippen molar-refractivity contribution in [3.63, 3.8) is 0 Å². The molecule has 308 valence electrons. The van der Waals surface area contributed by atoms with Gasteiger partial charge in [-0.2, -0.15) is 25.3 Å². The lowest BCUT2D eigenvalue weighted by Crippen LogP contribution is -2.56. The number of unbranched alkanes of at least 4 members (excludes halogenated alkanes) is 1. The molecule has 0 aliphatic heterocycles. The van der Waals surface area contributed by atoms with Crippen LogP contribution in [0.25, 0.3) is 0 Å². The Hall–Kier alpha value is -1.02. The van der Waals surface area contributed by atoms with Gasteiger partial charge in [-0.15, -0.1) is 0 Å². The van der Waals surface area contributed by atoms with Crippen LogP contribution < -0.4 is 5.32 Å². The Bertz CT molecular complexity index is 1250. The van der Waals surface area contributed by atoms with E-state index in [2.05, 4.69) is 79.0 Å². The van der Waals surface area contributed by atoms with Crippen molar-refractivity contribution in [1.82, 2.24) is 5.32 Å². The van der Waals surface area contributed by atoms with Gasteiger partial charge >= 0.3 is 11.9 Å². The molecule has 0 heterocycles. The number of thiol groups is 2. The second kappa shape index (κ2) is 20.2. The molecule has 0 spiro atoms. The lowest BCUT2D eigenvalue weighted by molar-refractivity contribution is -0.890. The maximum atomic E-state index is 14.2. The molecule has 0 rings (SSSR count). The van der Waals surface area contributed by atoms with Crippen molar-refractivity contribution in [1.29, 1.82) is 0 Å². The summed E-state index contributed by atoms with van der Waals surface area (Å²) < 4.78 is 45.4. The quantitative estimate of drug-likeness (QED) is 0.0304. The van der Waals surface area contributed by atoms with E-state index in [1.165, 1.54) is 0 Å². The number of nitrogens with zero attached hydrogens (tertiary/aromatic N) is 1. The summed E-state index contributed by atoms with van der Waals surface area (Å²) in [5.74, 6) is -0.346. The largest absolute Gasteiger partial charge is 0.748 e. The van der Waals surface area contributed by atoms with Gasteiger partial charge in [0.05, 0.1) is 48.1 Å². The molecule has 0 aromatic heterocycles. The van der Waals surface area contributed by atoms with Crippen molar-refractivity contribution in [2.24, 2.45) is 32.5 Å². The van der Waals surface area contributed by atoms with Crippen molar-refractivity contribution in [3.05, 3.63) is 0 Å². The lowest BCUT2D eigenvalue weighted by atomic mass is 9.47. The van der Waals surface area contributed by atoms with Crippen LogP contribution in [-0.4, -0.2) is 99.0 Å². The van der Waals surface area contributed by atoms with Gasteiger partial charge in [-0.05, 0) is 73.4 Å². The van der Waals surface area contributed by atoms with E-state index >= 15 is 0 Å². The summed E-state index contributed by atoms with van der Waals surface area (Å²) in [6.07, 6.45) is 5.21. The van der Waals surface area contributed by atoms with E-state index in [0.29, 0.717) is 42.1 Å². The summed E-state index contributed by atoms with van der Waals surface area (Å²) in [7, 11) is -0.457. The van der Waals surface area contributed by atoms with E-state index in [0.717, 1.165) is 31.4 Å². The Morgan fingerprint density at radius 1 is 0.769 bits per heavy atom. The van der Waals surface area contributed by atoms with Crippen molar-refractivity contribution in [2.75, 3.05) is 58.4 Å². The molecule has 3 unspecified atom stereocenters.